The molecule has 0 radical (unpaired) electrons. The van der Waals surface area contributed by atoms with Crippen molar-refractivity contribution in [3.63, 3.8) is 0 Å². The van der Waals surface area contributed by atoms with Gasteiger partial charge in [-0.1, -0.05) is 12.1 Å². The predicted octanol–water partition coefficient (Wildman–Crippen LogP) is 17.6. The van der Waals surface area contributed by atoms with E-state index in [1.807, 2.05) is 0 Å². The highest BCUT2D eigenvalue weighted by Crippen LogP contribution is 3.00. The van der Waals surface area contributed by atoms with Gasteiger partial charge in [0.25, 0.3) is 0 Å². The number of ether oxygens (including phenoxy) is 2. The van der Waals surface area contributed by atoms with E-state index in [2.05, 4.69) is 24.3 Å². The van der Waals surface area contributed by atoms with Crippen LogP contribution in [-0.4, -0.2) is 22.2 Å². The maximum absolute atomic E-state index is 8.93. The second-order valence-corrected chi connectivity index (χ2v) is 30.5. The third kappa shape index (κ3) is 1.49. The van der Waals surface area contributed by atoms with Crippen molar-refractivity contribution in [3.05, 3.63) is 69.0 Å². The normalized spacial score (nSPS) is 33.0. The molecule has 0 saturated carbocycles. The molecule has 39 rings (SSSR count). The SMILES string of the molecule is c1ccc2nc3c(nc2c1)[C@@]12CC[C@H](O1)C14c5c6c7c8c9c%10c%11c%12c%13c(c%14c%15c1c1c5c5c7c7c%16c8c8c%10c%10c%11c%11c%13c%13c%14c%14c%15c%15c1c1c5c7c5c7c1c%15c1c%14c%14c%13c%11c%11c%10c%10c8c%16c5c5c%10c%11c%14c1c75)C42C%121C69[C@H]2CC[C@@]31O2. The number of nitrogens with zero attached hydrogens (tertiary/aromatic N) is 2. The number of para-hydroxylation sites is 2. The highest BCUT2D eigenvalue weighted by Gasteiger charge is 3.02. The fraction of sp³-hybridized carbons (Fsp3) is 0.158. The third-order valence-corrected chi connectivity index (χ3v) is 31.0. The first kappa shape index (κ1) is 30.0. The average Bonchev–Trinajstić information content (AvgIpc) is 1.37. The van der Waals surface area contributed by atoms with Crippen LogP contribution < -0.4 is 0 Å². The zero-order chi connectivity index (χ0) is 47.3. The fourth-order valence-corrected chi connectivity index (χ4v) is 31.8. The number of aromatic nitrogens is 2. The van der Waals surface area contributed by atoms with E-state index in [4.69, 9.17) is 19.4 Å². The van der Waals surface area contributed by atoms with Crippen LogP contribution in [0.25, 0.3) is 280 Å². The second kappa shape index (κ2) is 6.63. The molecule has 0 amide bonds. The Morgan fingerprint density at radius 1 is 0.263 bits per heavy atom. The number of hydrogen-bond donors (Lipinski definition) is 0. The van der Waals surface area contributed by atoms with Gasteiger partial charge in [0, 0.05) is 0 Å². The molecule has 27 aromatic carbocycles. The summed E-state index contributed by atoms with van der Waals surface area (Å²) in [5.74, 6) is 0. The van der Waals surface area contributed by atoms with Gasteiger partial charge in [-0.05, 0) is 341 Å². The molecule has 11 aliphatic rings. The molecule has 0 N–H and O–H groups in total. The van der Waals surface area contributed by atoms with Crippen molar-refractivity contribution >= 4 is 280 Å². The van der Waals surface area contributed by atoms with E-state index >= 15 is 0 Å². The average molecular weight is 987 g/mol. The van der Waals surface area contributed by atoms with E-state index in [1.54, 1.807) is 303 Å². The first-order valence-corrected chi connectivity index (χ1v) is 30.5. The maximum atomic E-state index is 8.93. The van der Waals surface area contributed by atoms with Crippen molar-refractivity contribution < 1.29 is 9.47 Å². The van der Waals surface area contributed by atoms with Crippen molar-refractivity contribution in [3.8, 4) is 0 Å². The Kier molecular flexibility index (Phi) is 2.48. The van der Waals surface area contributed by atoms with Crippen molar-refractivity contribution in [1.82, 2.24) is 9.97 Å². The van der Waals surface area contributed by atoms with E-state index in [-0.39, 0.29) is 12.2 Å². The Labute approximate surface area is 437 Å². The van der Waals surface area contributed by atoms with Crippen LogP contribution >= 0.6 is 0 Å². The van der Waals surface area contributed by atoms with E-state index in [9.17, 15) is 0 Å². The molecule has 4 saturated heterocycles. The van der Waals surface area contributed by atoms with E-state index in [1.165, 1.54) is 0 Å². The lowest BCUT2D eigenvalue weighted by Gasteiger charge is -2.74. The first-order valence-electron chi connectivity index (χ1n) is 30.5. The van der Waals surface area contributed by atoms with Crippen LogP contribution in [0.4, 0.5) is 0 Å². The van der Waals surface area contributed by atoms with Crippen LogP contribution in [0.3, 0.4) is 0 Å². The lowest BCUT2D eigenvalue weighted by molar-refractivity contribution is -0.145. The standard InChI is InChI=1S/C76H14N2O2/c1-2-4-10-9(3-1)77-69-70(78-10)72-8-6-12(80-72)74-64-55-48-40-31-23-16-14-13-15-17-18(16)25-29(23)42(48)50-44-33(25)32-24(17)28-22(15)30-26-19(13)21-20(14)27(31)36-38-34(21)37-35(26)45-39(30)47-41(28)49-43(32)53(44)62-65-58(49)54(47)63-56(45)60-51(37)52(38)61(57(64)46(36)40)68(74)67(60)73(63)11-5-7-71(69,79-11)75(65,73)76(72,74)66(62)59(50)55/h1-4,11-12H,5-8H2/t11-,12+,71-,72-,73?,74?,75?,76?/m1/s1. The minimum atomic E-state index is -0.739. The van der Waals surface area contributed by atoms with Crippen LogP contribution in [-0.2, 0) is 42.3 Å². The van der Waals surface area contributed by atoms with Gasteiger partial charge in [-0.3, -0.25) is 0 Å². The minimum absolute atomic E-state index is 0.0213. The van der Waals surface area contributed by atoms with Crippen LogP contribution in [0.1, 0.15) is 70.5 Å². The van der Waals surface area contributed by atoms with Crippen LogP contribution in [0.15, 0.2) is 24.3 Å². The van der Waals surface area contributed by atoms with Crippen molar-refractivity contribution in [2.45, 2.75) is 70.8 Å². The molecule has 80 heavy (non-hydrogen) atoms. The van der Waals surface area contributed by atoms with Crippen LogP contribution in [0.5, 0.6) is 0 Å². The summed E-state index contributed by atoms with van der Waals surface area (Å²) in [6.45, 7) is 0. The largest absolute Gasteiger partial charge is 0.363 e. The Morgan fingerprint density at radius 3 is 0.762 bits per heavy atom. The first-order chi connectivity index (χ1) is 39.8. The molecule has 4 bridgehead atoms. The summed E-state index contributed by atoms with van der Waals surface area (Å²) in [6, 6.07) is 8.92. The quantitative estimate of drug-likeness (QED) is 0.142. The van der Waals surface area contributed by atoms with Gasteiger partial charge in [0.1, 0.15) is 11.2 Å². The van der Waals surface area contributed by atoms with Crippen LogP contribution in [0.2, 0.25) is 0 Å². The summed E-state index contributed by atoms with van der Waals surface area (Å²) in [5, 5.41) is 82.7. The highest BCUT2D eigenvalue weighted by molar-refractivity contribution is 6.81. The minimum Gasteiger partial charge on any atom is -0.363 e. The molecule has 1 aromatic heterocycles. The molecule has 7 aliphatic carbocycles. The Morgan fingerprint density at radius 2 is 0.487 bits per heavy atom. The lowest BCUT2D eigenvalue weighted by atomic mass is 9.23. The molecular weight excluding hydrogens is 973 g/mol. The van der Waals surface area contributed by atoms with Gasteiger partial charge < -0.3 is 9.47 Å². The molecule has 4 heteroatoms. The predicted molar refractivity (Wildman–Crippen MR) is 320 cm³/mol. The van der Waals surface area contributed by atoms with E-state index in [0.717, 1.165) is 48.1 Å². The molecular formula is C76H14N2O2. The van der Waals surface area contributed by atoms with Crippen LogP contribution in [0, 0.1) is 0 Å². The Hall–Kier alpha value is -8.80. The molecule has 4 nitrogen and oxygen atoms in total. The summed E-state index contributed by atoms with van der Waals surface area (Å²) in [5.41, 5.74) is 11.2. The van der Waals surface area contributed by atoms with Crippen molar-refractivity contribution in [2.75, 3.05) is 0 Å². The summed E-state index contributed by atoms with van der Waals surface area (Å²) in [6.07, 6.45) is 3.96. The number of hydrogen-bond acceptors (Lipinski definition) is 4. The fourth-order valence-electron chi connectivity index (χ4n) is 31.8. The highest BCUT2D eigenvalue weighted by atomic mass is 16.5. The summed E-state index contributed by atoms with van der Waals surface area (Å²) < 4.78 is 17.9. The number of rotatable bonds is 0. The van der Waals surface area contributed by atoms with Gasteiger partial charge in [0.15, 0.2) is 0 Å². The summed E-state index contributed by atoms with van der Waals surface area (Å²) in [4.78, 5) is 12.5. The molecule has 5 heterocycles. The Bertz CT molecular complexity index is 7880. The smallest absolute Gasteiger partial charge is 0.124 e. The number of fused-ring (bicyclic) bond motifs is 4. The van der Waals surface area contributed by atoms with Crippen molar-refractivity contribution in [2.24, 2.45) is 0 Å². The van der Waals surface area contributed by atoms with Gasteiger partial charge in [0.05, 0.1) is 56.3 Å². The molecule has 4 unspecified atom stereocenters. The van der Waals surface area contributed by atoms with Gasteiger partial charge in [-0.25, -0.2) is 9.97 Å². The molecule has 4 fully saturated rings. The monoisotopic (exact) mass is 986 g/mol. The molecule has 8 atom stereocenters. The zero-order valence-electron chi connectivity index (χ0n) is 41.0. The lowest BCUT2D eigenvalue weighted by Crippen LogP contribution is -2.83. The van der Waals surface area contributed by atoms with E-state index in [0.29, 0.717) is 0 Å². The summed E-state index contributed by atoms with van der Waals surface area (Å²) in [7, 11) is 0. The maximum Gasteiger partial charge on any atom is 0.124 e. The molecule has 340 valence electrons. The Balaban J connectivity index is 1.08. The molecule has 28 aromatic rings. The number of benzene rings is 18. The topological polar surface area (TPSA) is 44.2 Å². The second-order valence-electron chi connectivity index (χ2n) is 30.5. The third-order valence-electron chi connectivity index (χ3n) is 31.0. The molecule has 6 spiro atoms. The van der Waals surface area contributed by atoms with Gasteiger partial charge >= 0.3 is 0 Å². The summed E-state index contributed by atoms with van der Waals surface area (Å²) >= 11 is 0. The van der Waals surface area contributed by atoms with Gasteiger partial charge in [-0.2, -0.15) is 0 Å². The molecule has 4 aliphatic heterocycles. The van der Waals surface area contributed by atoms with Gasteiger partial charge in [0.2, 0.25) is 0 Å². The zero-order valence-corrected chi connectivity index (χ0v) is 41.0. The van der Waals surface area contributed by atoms with Crippen molar-refractivity contribution in [1.29, 1.82) is 0 Å². The van der Waals surface area contributed by atoms with Gasteiger partial charge in [-0.15, -0.1) is 0 Å². The van der Waals surface area contributed by atoms with E-state index < -0.39 is 32.9 Å².